The van der Waals surface area contributed by atoms with Gasteiger partial charge in [-0.15, -0.1) is 0 Å². The number of hydrogen-bond donors (Lipinski definition) is 2. The molecule has 0 aliphatic heterocycles. The van der Waals surface area contributed by atoms with Crippen molar-refractivity contribution >= 4 is 11.9 Å². The number of aliphatic carboxylic acids is 2. The number of benzene rings is 1. The molecular formula is C23H36O4. The minimum absolute atomic E-state index is 0.226. The van der Waals surface area contributed by atoms with Crippen LogP contribution in [0.25, 0.3) is 0 Å². The van der Waals surface area contributed by atoms with E-state index in [9.17, 15) is 9.59 Å². The highest BCUT2D eigenvalue weighted by molar-refractivity contribution is 5.66. The standard InChI is InChI=1S/C23H36O4/c1-2-3-4-5-6-11-19-16-17-20(12-7-9-14-22(24)25)21(18-19)13-8-10-15-23(26)27/h16-18H,2-15H2,1H3,(H,24,25)(H,26,27). The quantitative estimate of drug-likeness (QED) is 0.358. The summed E-state index contributed by atoms with van der Waals surface area (Å²) in [6.07, 6.45) is 12.9. The summed E-state index contributed by atoms with van der Waals surface area (Å²) in [6, 6.07) is 6.72. The first-order chi connectivity index (χ1) is 13.0. The second kappa shape index (κ2) is 14.2. The number of carboxylic acids is 2. The van der Waals surface area contributed by atoms with Gasteiger partial charge in [-0.1, -0.05) is 50.8 Å². The van der Waals surface area contributed by atoms with E-state index in [1.807, 2.05) is 0 Å². The van der Waals surface area contributed by atoms with E-state index in [4.69, 9.17) is 10.2 Å². The Morgan fingerprint density at radius 1 is 0.704 bits per heavy atom. The van der Waals surface area contributed by atoms with E-state index in [2.05, 4.69) is 25.1 Å². The second-order valence-electron chi connectivity index (χ2n) is 7.47. The molecule has 0 atom stereocenters. The number of carboxylic acid groups (broad SMARTS) is 2. The van der Waals surface area contributed by atoms with Crippen molar-refractivity contribution in [3.8, 4) is 0 Å². The molecule has 0 spiro atoms. The van der Waals surface area contributed by atoms with E-state index in [1.54, 1.807) is 0 Å². The van der Waals surface area contributed by atoms with Crippen LogP contribution in [0.4, 0.5) is 0 Å². The maximum Gasteiger partial charge on any atom is 0.303 e. The normalized spacial score (nSPS) is 10.9. The van der Waals surface area contributed by atoms with Crippen LogP contribution in [-0.4, -0.2) is 22.2 Å². The lowest BCUT2D eigenvalue weighted by atomic mass is 9.93. The Bertz CT molecular complexity index is 565. The van der Waals surface area contributed by atoms with Gasteiger partial charge in [0.25, 0.3) is 0 Å². The van der Waals surface area contributed by atoms with E-state index in [-0.39, 0.29) is 12.8 Å². The summed E-state index contributed by atoms with van der Waals surface area (Å²) in [5.41, 5.74) is 3.99. The Hall–Kier alpha value is -1.84. The number of rotatable bonds is 16. The molecule has 0 unspecified atom stereocenters. The highest BCUT2D eigenvalue weighted by Gasteiger charge is 2.07. The molecule has 1 aromatic rings. The minimum atomic E-state index is -0.734. The first-order valence-electron chi connectivity index (χ1n) is 10.6. The van der Waals surface area contributed by atoms with E-state index < -0.39 is 11.9 Å². The largest absolute Gasteiger partial charge is 0.481 e. The molecule has 4 nitrogen and oxygen atoms in total. The van der Waals surface area contributed by atoms with Crippen molar-refractivity contribution in [2.45, 2.75) is 96.8 Å². The lowest BCUT2D eigenvalue weighted by Crippen LogP contribution is -2.00. The fourth-order valence-electron chi connectivity index (χ4n) is 3.43. The Kier molecular flexibility index (Phi) is 12.2. The van der Waals surface area contributed by atoms with Crippen molar-refractivity contribution < 1.29 is 19.8 Å². The summed E-state index contributed by atoms with van der Waals surface area (Å²) in [4.78, 5) is 21.4. The maximum atomic E-state index is 10.7. The van der Waals surface area contributed by atoms with Gasteiger partial charge in [0.2, 0.25) is 0 Å². The van der Waals surface area contributed by atoms with Crippen molar-refractivity contribution in [2.24, 2.45) is 0 Å². The monoisotopic (exact) mass is 376 g/mol. The zero-order valence-electron chi connectivity index (χ0n) is 16.8. The Balaban J connectivity index is 2.60. The smallest absolute Gasteiger partial charge is 0.303 e. The van der Waals surface area contributed by atoms with Gasteiger partial charge in [0.05, 0.1) is 0 Å². The van der Waals surface area contributed by atoms with Gasteiger partial charge in [0, 0.05) is 12.8 Å². The Morgan fingerprint density at radius 2 is 1.26 bits per heavy atom. The van der Waals surface area contributed by atoms with Crippen LogP contribution in [0.3, 0.4) is 0 Å². The zero-order valence-corrected chi connectivity index (χ0v) is 16.8. The van der Waals surface area contributed by atoms with Crippen molar-refractivity contribution in [1.82, 2.24) is 0 Å². The molecule has 0 aliphatic carbocycles. The average Bonchev–Trinajstić information content (AvgIpc) is 2.63. The molecule has 1 aromatic carbocycles. The van der Waals surface area contributed by atoms with Crippen LogP contribution in [0.15, 0.2) is 18.2 Å². The Morgan fingerprint density at radius 3 is 1.85 bits per heavy atom. The number of carbonyl (C=O) groups is 2. The molecule has 2 N–H and O–H groups in total. The summed E-state index contributed by atoms with van der Waals surface area (Å²) >= 11 is 0. The molecule has 0 amide bonds. The van der Waals surface area contributed by atoms with E-state index >= 15 is 0 Å². The van der Waals surface area contributed by atoms with Crippen LogP contribution >= 0.6 is 0 Å². The van der Waals surface area contributed by atoms with E-state index in [0.717, 1.165) is 32.1 Å². The molecule has 0 radical (unpaired) electrons. The first kappa shape index (κ1) is 23.2. The number of aryl methyl sites for hydroxylation is 3. The molecule has 0 bridgehead atoms. The molecule has 0 saturated heterocycles. The second-order valence-corrected chi connectivity index (χ2v) is 7.47. The average molecular weight is 377 g/mol. The molecule has 0 aliphatic rings. The summed E-state index contributed by atoms with van der Waals surface area (Å²) in [7, 11) is 0. The molecule has 1 rings (SSSR count). The summed E-state index contributed by atoms with van der Waals surface area (Å²) in [5.74, 6) is -1.47. The van der Waals surface area contributed by atoms with Crippen LogP contribution in [-0.2, 0) is 28.9 Å². The van der Waals surface area contributed by atoms with E-state index in [1.165, 1.54) is 48.8 Å². The third-order valence-electron chi connectivity index (χ3n) is 5.01. The fraction of sp³-hybridized carbons (Fsp3) is 0.652. The van der Waals surface area contributed by atoms with Crippen LogP contribution in [0.2, 0.25) is 0 Å². The highest BCUT2D eigenvalue weighted by Crippen LogP contribution is 2.20. The topological polar surface area (TPSA) is 74.6 Å². The summed E-state index contributed by atoms with van der Waals surface area (Å²) < 4.78 is 0. The number of hydrogen-bond acceptors (Lipinski definition) is 2. The lowest BCUT2D eigenvalue weighted by Gasteiger charge is -2.12. The van der Waals surface area contributed by atoms with Crippen LogP contribution < -0.4 is 0 Å². The molecule has 152 valence electrons. The van der Waals surface area contributed by atoms with Crippen molar-refractivity contribution in [2.75, 3.05) is 0 Å². The molecule has 0 heterocycles. The Labute approximate surface area is 164 Å². The van der Waals surface area contributed by atoms with E-state index in [0.29, 0.717) is 12.8 Å². The zero-order chi connectivity index (χ0) is 19.9. The molecule has 0 aromatic heterocycles. The van der Waals surface area contributed by atoms with Gasteiger partial charge in [0.1, 0.15) is 0 Å². The molecule has 0 fully saturated rings. The fourth-order valence-corrected chi connectivity index (χ4v) is 3.43. The van der Waals surface area contributed by atoms with Crippen molar-refractivity contribution in [3.63, 3.8) is 0 Å². The third-order valence-corrected chi connectivity index (χ3v) is 5.01. The third kappa shape index (κ3) is 11.5. The SMILES string of the molecule is CCCCCCCc1ccc(CCCCC(=O)O)c(CCCCC(=O)O)c1. The molecule has 4 heteroatoms. The van der Waals surface area contributed by atoms with Gasteiger partial charge in [-0.3, -0.25) is 9.59 Å². The predicted molar refractivity (Wildman–Crippen MR) is 109 cm³/mol. The lowest BCUT2D eigenvalue weighted by molar-refractivity contribution is -0.138. The van der Waals surface area contributed by atoms with Gasteiger partial charge in [-0.25, -0.2) is 0 Å². The molecular weight excluding hydrogens is 340 g/mol. The highest BCUT2D eigenvalue weighted by atomic mass is 16.4. The van der Waals surface area contributed by atoms with Gasteiger partial charge in [-0.05, 0) is 68.1 Å². The summed E-state index contributed by atoms with van der Waals surface area (Å²) in [5, 5.41) is 17.6. The van der Waals surface area contributed by atoms with Gasteiger partial charge >= 0.3 is 11.9 Å². The van der Waals surface area contributed by atoms with Crippen LogP contribution in [0.5, 0.6) is 0 Å². The van der Waals surface area contributed by atoms with Gasteiger partial charge in [0.15, 0.2) is 0 Å². The minimum Gasteiger partial charge on any atom is -0.481 e. The summed E-state index contributed by atoms with van der Waals surface area (Å²) in [6.45, 7) is 2.23. The van der Waals surface area contributed by atoms with Gasteiger partial charge < -0.3 is 10.2 Å². The van der Waals surface area contributed by atoms with Crippen LogP contribution in [0.1, 0.15) is 94.2 Å². The first-order valence-corrected chi connectivity index (χ1v) is 10.6. The molecule has 0 saturated carbocycles. The maximum absolute atomic E-state index is 10.7. The van der Waals surface area contributed by atoms with Crippen LogP contribution in [0, 0.1) is 0 Å². The van der Waals surface area contributed by atoms with Crippen molar-refractivity contribution in [3.05, 3.63) is 34.9 Å². The number of unbranched alkanes of at least 4 members (excludes halogenated alkanes) is 6. The predicted octanol–water partition coefficient (Wildman–Crippen LogP) is 5.79. The van der Waals surface area contributed by atoms with Crippen molar-refractivity contribution in [1.29, 1.82) is 0 Å². The molecule has 27 heavy (non-hydrogen) atoms. The van der Waals surface area contributed by atoms with Gasteiger partial charge in [-0.2, -0.15) is 0 Å².